The molecule has 0 spiro atoms. The van der Waals surface area contributed by atoms with E-state index in [2.05, 4.69) is 18.3 Å². The number of aryl methyl sites for hydroxylation is 2. The van der Waals surface area contributed by atoms with Gasteiger partial charge >= 0.3 is 0 Å². The molecule has 0 amide bonds. The second-order valence-electron chi connectivity index (χ2n) is 6.38. The molecule has 0 radical (unpaired) electrons. The van der Waals surface area contributed by atoms with Crippen molar-refractivity contribution in [1.82, 2.24) is 5.32 Å². The Morgan fingerprint density at radius 3 is 2.82 bits per heavy atom. The lowest BCUT2D eigenvalue weighted by Gasteiger charge is -2.38. The molecule has 0 saturated heterocycles. The maximum atomic E-state index is 9.94. The fraction of sp³-hybridized carbons (Fsp3) is 0.444. The molecule has 1 aliphatic carbocycles. The Kier molecular flexibility index (Phi) is 3.39. The Morgan fingerprint density at radius 1 is 1.18 bits per heavy atom. The minimum absolute atomic E-state index is 0.00168. The standard InChI is InChI=1S/C18H21NO2S/c1-2-3-11-7-13-17(22-11)9-19-14-5-4-10-6-15(20)16(21)8-12(10)18(13)14/h6-8,14,18-21H,2-5,9H2,1H3. The maximum Gasteiger partial charge on any atom is 0.157 e. The second-order valence-corrected chi connectivity index (χ2v) is 7.61. The summed E-state index contributed by atoms with van der Waals surface area (Å²) in [6.45, 7) is 3.18. The van der Waals surface area contributed by atoms with Crippen LogP contribution < -0.4 is 5.32 Å². The molecule has 2 heterocycles. The number of thiophene rings is 1. The van der Waals surface area contributed by atoms with Gasteiger partial charge in [-0.1, -0.05) is 13.3 Å². The molecule has 2 aromatic rings. The lowest BCUT2D eigenvalue weighted by Crippen LogP contribution is -2.41. The van der Waals surface area contributed by atoms with Gasteiger partial charge in [-0.25, -0.2) is 0 Å². The van der Waals surface area contributed by atoms with Crippen LogP contribution in [0.1, 0.15) is 52.1 Å². The van der Waals surface area contributed by atoms with Gasteiger partial charge in [0.05, 0.1) is 0 Å². The van der Waals surface area contributed by atoms with Gasteiger partial charge in [-0.2, -0.15) is 0 Å². The fourth-order valence-corrected chi connectivity index (χ4v) is 5.20. The number of aromatic hydroxyl groups is 2. The van der Waals surface area contributed by atoms with E-state index in [1.807, 2.05) is 11.3 Å². The molecule has 2 unspecified atom stereocenters. The highest BCUT2D eigenvalue weighted by molar-refractivity contribution is 7.12. The highest BCUT2D eigenvalue weighted by Gasteiger charge is 2.36. The summed E-state index contributed by atoms with van der Waals surface area (Å²) < 4.78 is 0. The molecule has 2 atom stereocenters. The number of fused-ring (bicyclic) bond motifs is 5. The minimum Gasteiger partial charge on any atom is -0.504 e. The van der Waals surface area contributed by atoms with Crippen molar-refractivity contribution in [1.29, 1.82) is 0 Å². The topological polar surface area (TPSA) is 52.5 Å². The van der Waals surface area contributed by atoms with Gasteiger partial charge in [0.15, 0.2) is 11.5 Å². The van der Waals surface area contributed by atoms with E-state index in [0.717, 1.165) is 25.8 Å². The zero-order valence-corrected chi connectivity index (χ0v) is 13.5. The number of hydrogen-bond donors (Lipinski definition) is 3. The minimum atomic E-state index is -0.00413. The van der Waals surface area contributed by atoms with Crippen molar-refractivity contribution in [2.24, 2.45) is 0 Å². The van der Waals surface area contributed by atoms with Gasteiger partial charge in [0.25, 0.3) is 0 Å². The van der Waals surface area contributed by atoms with Crippen LogP contribution in [0, 0.1) is 0 Å². The second kappa shape index (κ2) is 5.28. The number of rotatable bonds is 2. The molecule has 0 bridgehead atoms. The molecule has 2 aliphatic rings. The molecular formula is C18H21NO2S. The Labute approximate surface area is 134 Å². The Hall–Kier alpha value is -1.52. The number of nitrogens with one attached hydrogen (secondary N) is 1. The fourth-order valence-electron chi connectivity index (χ4n) is 3.94. The summed E-state index contributed by atoms with van der Waals surface area (Å²) in [4.78, 5) is 2.90. The van der Waals surface area contributed by atoms with Crippen LogP contribution in [0.5, 0.6) is 11.5 Å². The first-order valence-corrected chi connectivity index (χ1v) is 8.88. The van der Waals surface area contributed by atoms with Crippen molar-refractivity contribution in [3.8, 4) is 11.5 Å². The molecule has 4 heteroatoms. The van der Waals surface area contributed by atoms with E-state index in [4.69, 9.17) is 0 Å². The molecule has 0 saturated carbocycles. The van der Waals surface area contributed by atoms with E-state index < -0.39 is 0 Å². The van der Waals surface area contributed by atoms with Crippen LogP contribution in [-0.2, 0) is 19.4 Å². The first-order valence-electron chi connectivity index (χ1n) is 8.07. The summed E-state index contributed by atoms with van der Waals surface area (Å²) in [5.74, 6) is 0.301. The molecule has 1 aromatic heterocycles. The number of hydrogen-bond acceptors (Lipinski definition) is 4. The molecule has 0 fully saturated rings. The zero-order valence-electron chi connectivity index (χ0n) is 12.7. The average molecular weight is 315 g/mol. The highest BCUT2D eigenvalue weighted by Crippen LogP contribution is 2.46. The molecule has 4 rings (SSSR count). The van der Waals surface area contributed by atoms with E-state index in [1.165, 1.54) is 32.9 Å². The van der Waals surface area contributed by atoms with Crippen LogP contribution in [0.15, 0.2) is 18.2 Å². The van der Waals surface area contributed by atoms with Crippen molar-refractivity contribution < 1.29 is 10.2 Å². The average Bonchev–Trinajstić information content (AvgIpc) is 2.91. The van der Waals surface area contributed by atoms with Gasteiger partial charge in [-0.15, -0.1) is 11.3 Å². The van der Waals surface area contributed by atoms with Gasteiger partial charge < -0.3 is 15.5 Å². The monoisotopic (exact) mass is 315 g/mol. The Balaban J connectivity index is 1.83. The predicted octanol–water partition coefficient (Wildman–Crippen LogP) is 3.66. The lowest BCUT2D eigenvalue weighted by molar-refractivity contribution is 0.382. The normalized spacial score (nSPS) is 22.8. The number of phenolic OH excluding ortho intramolecular Hbond substituents is 2. The van der Waals surface area contributed by atoms with Crippen LogP contribution in [0.4, 0.5) is 0 Å². The van der Waals surface area contributed by atoms with Crippen LogP contribution in [0.25, 0.3) is 0 Å². The van der Waals surface area contributed by atoms with Crippen LogP contribution in [0.2, 0.25) is 0 Å². The van der Waals surface area contributed by atoms with Crippen LogP contribution in [-0.4, -0.2) is 16.3 Å². The molecule has 3 nitrogen and oxygen atoms in total. The third-order valence-electron chi connectivity index (χ3n) is 4.95. The van der Waals surface area contributed by atoms with Crippen molar-refractivity contribution in [2.75, 3.05) is 0 Å². The van der Waals surface area contributed by atoms with Crippen molar-refractivity contribution >= 4 is 11.3 Å². The summed E-state index contributed by atoms with van der Waals surface area (Å²) in [7, 11) is 0. The van der Waals surface area contributed by atoms with E-state index in [9.17, 15) is 10.2 Å². The van der Waals surface area contributed by atoms with Crippen LogP contribution in [0.3, 0.4) is 0 Å². The van der Waals surface area contributed by atoms with E-state index in [1.54, 1.807) is 12.1 Å². The number of phenols is 2. The number of benzene rings is 1. The molecule has 116 valence electrons. The van der Waals surface area contributed by atoms with E-state index in [0.29, 0.717) is 12.0 Å². The van der Waals surface area contributed by atoms with Gasteiger partial charge in [-0.05, 0) is 54.2 Å². The SMILES string of the molecule is CCCc1cc2c(s1)CNC1CCc3cc(O)c(O)cc3C21. The summed E-state index contributed by atoms with van der Waals surface area (Å²) in [6, 6.07) is 6.33. The van der Waals surface area contributed by atoms with Gasteiger partial charge in [-0.3, -0.25) is 0 Å². The van der Waals surface area contributed by atoms with Crippen molar-refractivity contribution in [3.05, 3.63) is 44.6 Å². The molecular weight excluding hydrogens is 294 g/mol. The zero-order chi connectivity index (χ0) is 15.3. The van der Waals surface area contributed by atoms with Crippen LogP contribution >= 0.6 is 11.3 Å². The van der Waals surface area contributed by atoms with Gasteiger partial charge in [0.1, 0.15) is 0 Å². The van der Waals surface area contributed by atoms with Gasteiger partial charge in [0, 0.05) is 28.3 Å². The Bertz CT molecular complexity index is 722. The van der Waals surface area contributed by atoms with Gasteiger partial charge in [0.2, 0.25) is 0 Å². The molecule has 1 aromatic carbocycles. The van der Waals surface area contributed by atoms with Crippen molar-refractivity contribution in [2.45, 2.75) is 51.1 Å². The summed E-state index contributed by atoms with van der Waals surface area (Å²) >= 11 is 1.92. The Morgan fingerprint density at radius 2 is 2.00 bits per heavy atom. The van der Waals surface area contributed by atoms with E-state index in [-0.39, 0.29) is 11.5 Å². The quantitative estimate of drug-likeness (QED) is 0.741. The smallest absolute Gasteiger partial charge is 0.157 e. The van der Waals surface area contributed by atoms with Crippen molar-refractivity contribution in [3.63, 3.8) is 0 Å². The first-order chi connectivity index (χ1) is 10.7. The summed E-state index contributed by atoms with van der Waals surface area (Å²) in [5.41, 5.74) is 3.79. The maximum absolute atomic E-state index is 9.94. The third-order valence-corrected chi connectivity index (χ3v) is 6.16. The third kappa shape index (κ3) is 2.13. The lowest BCUT2D eigenvalue weighted by atomic mass is 9.74. The molecule has 1 aliphatic heterocycles. The highest BCUT2D eigenvalue weighted by atomic mass is 32.1. The first kappa shape index (κ1) is 14.1. The largest absolute Gasteiger partial charge is 0.504 e. The van der Waals surface area contributed by atoms with E-state index >= 15 is 0 Å². The predicted molar refractivity (Wildman–Crippen MR) is 88.9 cm³/mol. The summed E-state index contributed by atoms with van der Waals surface area (Å²) in [6.07, 6.45) is 4.35. The molecule has 22 heavy (non-hydrogen) atoms. The summed E-state index contributed by atoms with van der Waals surface area (Å²) in [5, 5.41) is 23.4. The molecule has 3 N–H and O–H groups in total.